The van der Waals surface area contributed by atoms with Gasteiger partial charge >= 0.3 is 215 Å². The van der Waals surface area contributed by atoms with Crippen molar-refractivity contribution >= 4 is 60.0 Å². The molecule has 0 rings (SSSR count). The van der Waals surface area contributed by atoms with E-state index in [1.807, 2.05) is 6.92 Å². The topological polar surface area (TPSA) is 61.8 Å². The van der Waals surface area contributed by atoms with Gasteiger partial charge in [-0.25, -0.2) is 0 Å². The van der Waals surface area contributed by atoms with E-state index in [1.54, 1.807) is 0 Å². The SMILES string of the molecule is CCCC(=O)[O][Sb]([O][Sb]([O]C(=O)CCCl)([CH](C)C)([CH](C)C)[CH](C)C)([CH](C)C)([CH](C)C)[CH](C)C. The molecular formula is C25H53ClO5Sb2. The molecule has 0 heterocycles. The van der Waals surface area contributed by atoms with E-state index in [9.17, 15) is 9.59 Å². The van der Waals surface area contributed by atoms with Crippen molar-refractivity contribution in [2.75, 3.05) is 5.88 Å². The zero-order chi connectivity index (χ0) is 26.5. The average Bonchev–Trinajstić information content (AvgIpc) is 2.65. The average molecular weight is 713 g/mol. The summed E-state index contributed by atoms with van der Waals surface area (Å²) in [5.74, 6) is -0.281. The standard InChI is InChI=1S/C4H8O2.C3H5ClO2.6C3H7.O.2Sb/c1-2-3-4(5)6;4-2-1-3(5)6;6*1-3-2;;;/h2-3H2,1H3,(H,5,6);1-2H2,(H,5,6);6*3H,1-2H3;;;/q;;;;;;;;;2*+1/p-2. The number of carbonyl (C=O) groups is 2. The molecule has 0 aromatic rings. The van der Waals surface area contributed by atoms with Crippen LogP contribution in [0.1, 0.15) is 109 Å². The Hall–Kier alpha value is 0.826. The molecule has 0 N–H and O–H groups in total. The van der Waals surface area contributed by atoms with Crippen LogP contribution >= 0.6 is 11.6 Å². The van der Waals surface area contributed by atoms with Crippen LogP contribution < -0.4 is 0 Å². The predicted octanol–water partition coefficient (Wildman–Crippen LogP) is 8.77. The molecule has 0 saturated heterocycles. The molecule has 0 aliphatic carbocycles. The summed E-state index contributed by atoms with van der Waals surface area (Å²) in [5, 5.41) is 0. The number of carbonyl (C=O) groups excluding carboxylic acids is 2. The summed E-state index contributed by atoms with van der Waals surface area (Å²) in [6.07, 6.45) is 1.22. The van der Waals surface area contributed by atoms with Gasteiger partial charge < -0.3 is 0 Å². The Morgan fingerprint density at radius 1 is 0.606 bits per heavy atom. The second kappa shape index (κ2) is 12.4. The van der Waals surface area contributed by atoms with Gasteiger partial charge in [-0.1, -0.05) is 0 Å². The predicted molar refractivity (Wildman–Crippen MR) is 146 cm³/mol. The summed E-state index contributed by atoms with van der Waals surface area (Å²) in [5.41, 5.74) is 0. The van der Waals surface area contributed by atoms with Gasteiger partial charge in [-0.3, -0.25) is 0 Å². The maximum absolute atomic E-state index is 13.2. The van der Waals surface area contributed by atoms with Gasteiger partial charge in [0.15, 0.2) is 0 Å². The summed E-state index contributed by atoms with van der Waals surface area (Å²) in [4.78, 5) is 26.4. The van der Waals surface area contributed by atoms with Gasteiger partial charge in [0, 0.05) is 0 Å². The van der Waals surface area contributed by atoms with Crippen LogP contribution in [0, 0.1) is 0 Å². The molecule has 0 fully saturated rings. The number of hydrogen-bond acceptors (Lipinski definition) is 5. The summed E-state index contributed by atoms with van der Waals surface area (Å²) < 4.78 is 21.5. The minimum atomic E-state index is -4.90. The third-order valence-electron chi connectivity index (χ3n) is 7.80. The first kappa shape index (κ1) is 33.8. The molecule has 200 valence electrons. The van der Waals surface area contributed by atoms with Crippen molar-refractivity contribution in [3.05, 3.63) is 0 Å². The third kappa shape index (κ3) is 5.57. The van der Waals surface area contributed by atoms with Crippen molar-refractivity contribution in [2.45, 2.75) is 132 Å². The van der Waals surface area contributed by atoms with Crippen molar-refractivity contribution in [3.8, 4) is 0 Å². The monoisotopic (exact) mass is 710 g/mol. The first-order chi connectivity index (χ1) is 14.9. The van der Waals surface area contributed by atoms with Crippen molar-refractivity contribution in [1.82, 2.24) is 0 Å². The van der Waals surface area contributed by atoms with E-state index < -0.39 is 36.5 Å². The van der Waals surface area contributed by atoms with Crippen LogP contribution in [0.2, 0.25) is 23.2 Å². The molecule has 0 aliphatic rings. The van der Waals surface area contributed by atoms with Crippen molar-refractivity contribution < 1.29 is 16.9 Å². The van der Waals surface area contributed by atoms with E-state index in [-0.39, 0.29) is 47.4 Å². The maximum atomic E-state index is 13.2. The Balaban J connectivity index is 7.72. The van der Waals surface area contributed by atoms with Crippen LogP contribution in [0.15, 0.2) is 0 Å². The van der Waals surface area contributed by atoms with Gasteiger partial charge in [0.25, 0.3) is 0 Å². The normalized spacial score (nSPS) is 15.8. The molecule has 33 heavy (non-hydrogen) atoms. The molecule has 0 bridgehead atoms. The fourth-order valence-electron chi connectivity index (χ4n) is 5.99. The van der Waals surface area contributed by atoms with Crippen LogP contribution in [0.5, 0.6) is 0 Å². The Morgan fingerprint density at radius 3 is 1.09 bits per heavy atom. The zero-order valence-electron chi connectivity index (χ0n) is 23.6. The van der Waals surface area contributed by atoms with Crippen molar-refractivity contribution in [3.63, 3.8) is 0 Å². The molecule has 0 aromatic heterocycles. The van der Waals surface area contributed by atoms with Gasteiger partial charge in [-0.2, -0.15) is 0 Å². The van der Waals surface area contributed by atoms with E-state index in [0.29, 0.717) is 6.42 Å². The molecule has 5 nitrogen and oxygen atoms in total. The molecule has 8 heteroatoms. The molecule has 0 spiro atoms. The van der Waals surface area contributed by atoms with E-state index in [2.05, 4.69) is 83.1 Å². The van der Waals surface area contributed by atoms with Crippen molar-refractivity contribution in [1.29, 1.82) is 0 Å². The van der Waals surface area contributed by atoms with Crippen molar-refractivity contribution in [2.24, 2.45) is 0 Å². The molecule has 0 radical (unpaired) electrons. The Bertz CT molecular complexity index is 569. The van der Waals surface area contributed by atoms with E-state index in [0.717, 1.165) is 6.42 Å². The number of halogens is 1. The van der Waals surface area contributed by atoms with E-state index in [4.69, 9.17) is 18.9 Å². The summed E-state index contributed by atoms with van der Waals surface area (Å²) in [6.45, 7) is 27.6. The molecular weight excluding hydrogens is 659 g/mol. The van der Waals surface area contributed by atoms with Gasteiger partial charge in [-0.05, 0) is 0 Å². The van der Waals surface area contributed by atoms with Crippen LogP contribution in [-0.4, -0.2) is 54.3 Å². The molecule has 0 saturated carbocycles. The molecule has 0 unspecified atom stereocenters. The fraction of sp³-hybridized carbons (Fsp3) is 0.920. The Morgan fingerprint density at radius 2 is 0.879 bits per heavy atom. The summed E-state index contributed by atoms with van der Waals surface area (Å²) in [6, 6.07) is 0. The van der Waals surface area contributed by atoms with Crippen LogP contribution in [-0.2, 0) is 16.9 Å². The minimum absolute atomic E-state index is 0.00361. The Labute approximate surface area is 213 Å². The molecule has 0 amide bonds. The second-order valence-electron chi connectivity index (χ2n) is 11.1. The first-order valence-electron chi connectivity index (χ1n) is 12.7. The second-order valence-corrected chi connectivity index (χ2v) is 46.9. The van der Waals surface area contributed by atoms with Crippen LogP contribution in [0.25, 0.3) is 0 Å². The zero-order valence-corrected chi connectivity index (χ0v) is 29.5. The quantitative estimate of drug-likeness (QED) is 0.133. The molecule has 0 atom stereocenters. The van der Waals surface area contributed by atoms with Gasteiger partial charge in [0.05, 0.1) is 0 Å². The van der Waals surface area contributed by atoms with Gasteiger partial charge in [-0.15, -0.1) is 0 Å². The first-order valence-corrected chi connectivity index (χ1v) is 26.3. The van der Waals surface area contributed by atoms with Gasteiger partial charge in [0.1, 0.15) is 0 Å². The number of rotatable bonds is 14. The Kier molecular flexibility index (Phi) is 12.7. The number of hydrogen-bond donors (Lipinski definition) is 0. The fourth-order valence-corrected chi connectivity index (χ4v) is 76.0. The van der Waals surface area contributed by atoms with Gasteiger partial charge in [0.2, 0.25) is 0 Å². The van der Waals surface area contributed by atoms with Crippen LogP contribution in [0.3, 0.4) is 0 Å². The summed E-state index contributed by atoms with van der Waals surface area (Å²) >= 11 is -3.83. The van der Waals surface area contributed by atoms with E-state index in [1.165, 1.54) is 0 Å². The number of alkyl halides is 1. The third-order valence-corrected chi connectivity index (χ3v) is 61.6. The van der Waals surface area contributed by atoms with E-state index >= 15 is 0 Å². The molecule has 0 aliphatic heterocycles. The molecule has 0 aromatic carbocycles. The van der Waals surface area contributed by atoms with Crippen LogP contribution in [0.4, 0.5) is 0 Å². The summed E-state index contributed by atoms with van der Waals surface area (Å²) in [7, 11) is 0.